The number of para-hydroxylation sites is 2. The number of nitrogens with one attached hydrogen (secondary N) is 1. The highest BCUT2D eigenvalue weighted by atomic mass is 32.2. The number of rotatable bonds is 2. The number of hydrogen-bond acceptors (Lipinski definition) is 5. The van der Waals surface area contributed by atoms with Gasteiger partial charge in [0.25, 0.3) is 10.0 Å². The number of ether oxygens (including phenoxy) is 1. The monoisotopic (exact) mass is 362 g/mol. The van der Waals surface area contributed by atoms with Gasteiger partial charge in [0.2, 0.25) is 0 Å². The van der Waals surface area contributed by atoms with Gasteiger partial charge < -0.3 is 10.1 Å². The Morgan fingerprint density at radius 3 is 2.96 bits per heavy atom. The van der Waals surface area contributed by atoms with Gasteiger partial charge in [-0.25, -0.2) is 8.42 Å². The van der Waals surface area contributed by atoms with E-state index < -0.39 is 10.0 Å². The van der Waals surface area contributed by atoms with Crippen LogP contribution in [0.3, 0.4) is 0 Å². The first-order chi connectivity index (χ1) is 11.6. The van der Waals surface area contributed by atoms with Crippen LogP contribution in [-0.2, 0) is 10.0 Å². The maximum Gasteiger partial charge on any atom is 0.264 e. The fraction of sp³-hybridized carbons (Fsp3) is 0.294. The first-order valence-corrected chi connectivity index (χ1v) is 10.3. The Bertz CT molecular complexity index is 883. The highest BCUT2D eigenvalue weighted by Gasteiger charge is 2.33. The summed E-state index contributed by atoms with van der Waals surface area (Å²) in [5.74, 6) is 1.60. The van der Waals surface area contributed by atoms with E-state index in [9.17, 15) is 8.42 Å². The van der Waals surface area contributed by atoms with E-state index in [0.29, 0.717) is 22.9 Å². The molecular weight excluding hydrogens is 344 g/mol. The summed E-state index contributed by atoms with van der Waals surface area (Å²) in [6, 6.07) is 12.6. The van der Waals surface area contributed by atoms with E-state index in [4.69, 9.17) is 4.74 Å². The molecule has 2 aliphatic heterocycles. The van der Waals surface area contributed by atoms with Crippen LogP contribution in [0.25, 0.3) is 0 Å². The van der Waals surface area contributed by atoms with Crippen LogP contribution in [0.2, 0.25) is 0 Å². The van der Waals surface area contributed by atoms with E-state index >= 15 is 0 Å². The molecule has 0 radical (unpaired) electrons. The third-order valence-electron chi connectivity index (χ3n) is 4.10. The maximum absolute atomic E-state index is 13.2. The molecule has 7 heteroatoms. The van der Waals surface area contributed by atoms with Gasteiger partial charge in [-0.15, -0.1) is 11.8 Å². The molecule has 1 N–H and O–H groups in total. The van der Waals surface area contributed by atoms with Gasteiger partial charge in [0.05, 0.1) is 17.1 Å². The minimum atomic E-state index is -3.64. The summed E-state index contributed by atoms with van der Waals surface area (Å²) in [7, 11) is -3.64. The molecule has 0 aromatic heterocycles. The number of anilines is 2. The average Bonchev–Trinajstić information content (AvgIpc) is 2.60. The van der Waals surface area contributed by atoms with E-state index in [-0.39, 0.29) is 6.10 Å². The summed E-state index contributed by atoms with van der Waals surface area (Å²) in [6.45, 7) is 3.03. The highest BCUT2D eigenvalue weighted by molar-refractivity contribution is 7.99. The third-order valence-corrected chi connectivity index (χ3v) is 6.95. The summed E-state index contributed by atoms with van der Waals surface area (Å²) < 4.78 is 33.6. The molecule has 0 saturated heterocycles. The van der Waals surface area contributed by atoms with Crippen molar-refractivity contribution in [3.05, 3.63) is 42.5 Å². The second-order valence-electron chi connectivity index (χ2n) is 5.87. The topological polar surface area (TPSA) is 58.6 Å². The second kappa shape index (κ2) is 5.89. The van der Waals surface area contributed by atoms with Gasteiger partial charge in [0, 0.05) is 22.9 Å². The van der Waals surface area contributed by atoms with Crippen LogP contribution in [-0.4, -0.2) is 33.4 Å². The molecule has 0 unspecified atom stereocenters. The lowest BCUT2D eigenvalue weighted by molar-refractivity contribution is 0.219. The molecule has 2 aromatic rings. The Labute approximate surface area is 146 Å². The Hall–Kier alpha value is -1.86. The number of hydrogen-bond donors (Lipinski definition) is 1. The van der Waals surface area contributed by atoms with Gasteiger partial charge >= 0.3 is 0 Å². The zero-order valence-electron chi connectivity index (χ0n) is 13.2. The van der Waals surface area contributed by atoms with E-state index in [1.54, 1.807) is 36.0 Å². The zero-order valence-corrected chi connectivity index (χ0v) is 14.9. The molecule has 24 heavy (non-hydrogen) atoms. The summed E-state index contributed by atoms with van der Waals surface area (Å²) >= 11 is 1.74. The van der Waals surface area contributed by atoms with Crippen molar-refractivity contribution in [2.24, 2.45) is 0 Å². The van der Waals surface area contributed by atoms with Gasteiger partial charge in [-0.2, -0.15) is 0 Å². The van der Waals surface area contributed by atoms with Gasteiger partial charge in [-0.1, -0.05) is 12.1 Å². The summed E-state index contributed by atoms with van der Waals surface area (Å²) in [5.41, 5.74) is 1.48. The standard InChI is InChI=1S/C17H18N2O3S2/c1-12-11-19(15-4-2-3-5-16(15)22-12)24(20,21)13-6-7-17-14(10-13)18-8-9-23-17/h2-7,10,12,18H,8-9,11H2,1H3/t12-/m0/s1. The summed E-state index contributed by atoms with van der Waals surface area (Å²) in [6.07, 6.45) is -0.194. The third kappa shape index (κ3) is 2.61. The highest BCUT2D eigenvalue weighted by Crippen LogP contribution is 2.38. The van der Waals surface area contributed by atoms with Crippen molar-refractivity contribution in [1.29, 1.82) is 0 Å². The molecule has 2 heterocycles. The van der Waals surface area contributed by atoms with Crippen molar-refractivity contribution in [2.45, 2.75) is 22.8 Å². The minimum absolute atomic E-state index is 0.194. The molecule has 5 nitrogen and oxygen atoms in total. The maximum atomic E-state index is 13.2. The Morgan fingerprint density at radius 2 is 2.08 bits per heavy atom. The Morgan fingerprint density at radius 1 is 1.25 bits per heavy atom. The van der Waals surface area contributed by atoms with Crippen LogP contribution in [0.5, 0.6) is 5.75 Å². The van der Waals surface area contributed by atoms with Gasteiger partial charge in [-0.05, 0) is 37.3 Å². The van der Waals surface area contributed by atoms with Crippen LogP contribution in [0.15, 0.2) is 52.3 Å². The lowest BCUT2D eigenvalue weighted by Crippen LogP contribution is -2.42. The fourth-order valence-electron chi connectivity index (χ4n) is 2.98. The molecule has 0 spiro atoms. The van der Waals surface area contributed by atoms with Crippen molar-refractivity contribution >= 4 is 33.2 Å². The van der Waals surface area contributed by atoms with Crippen molar-refractivity contribution in [2.75, 3.05) is 28.5 Å². The quantitative estimate of drug-likeness (QED) is 0.889. The van der Waals surface area contributed by atoms with Crippen LogP contribution >= 0.6 is 11.8 Å². The van der Waals surface area contributed by atoms with Gasteiger partial charge in [-0.3, -0.25) is 4.31 Å². The number of fused-ring (bicyclic) bond motifs is 2. The molecule has 126 valence electrons. The van der Waals surface area contributed by atoms with Crippen LogP contribution < -0.4 is 14.4 Å². The fourth-order valence-corrected chi connectivity index (χ4v) is 5.44. The number of thioether (sulfide) groups is 1. The van der Waals surface area contributed by atoms with E-state index in [0.717, 1.165) is 22.9 Å². The van der Waals surface area contributed by atoms with Gasteiger partial charge in [0.15, 0.2) is 0 Å². The lowest BCUT2D eigenvalue weighted by atomic mass is 10.2. The smallest absolute Gasteiger partial charge is 0.264 e. The molecule has 4 rings (SSSR count). The van der Waals surface area contributed by atoms with E-state index in [1.807, 2.05) is 25.1 Å². The van der Waals surface area contributed by atoms with E-state index in [1.165, 1.54) is 4.31 Å². The number of nitrogens with zero attached hydrogens (tertiary/aromatic N) is 1. The second-order valence-corrected chi connectivity index (χ2v) is 8.86. The Kier molecular flexibility index (Phi) is 3.85. The molecule has 2 aliphatic rings. The average molecular weight is 362 g/mol. The normalized spacial score (nSPS) is 19.7. The summed E-state index contributed by atoms with van der Waals surface area (Å²) in [5, 5.41) is 3.28. The largest absolute Gasteiger partial charge is 0.487 e. The first kappa shape index (κ1) is 15.7. The molecular formula is C17H18N2O3S2. The molecule has 1 atom stereocenters. The predicted octanol–water partition coefficient (Wildman–Crippen LogP) is 3.18. The summed E-state index contributed by atoms with van der Waals surface area (Å²) in [4.78, 5) is 1.40. The van der Waals surface area contributed by atoms with Gasteiger partial charge in [0.1, 0.15) is 11.9 Å². The van der Waals surface area contributed by atoms with Crippen LogP contribution in [0.1, 0.15) is 6.92 Å². The molecule has 0 fully saturated rings. The lowest BCUT2D eigenvalue weighted by Gasteiger charge is -2.34. The molecule has 0 amide bonds. The molecule has 0 bridgehead atoms. The van der Waals surface area contributed by atoms with Crippen LogP contribution in [0.4, 0.5) is 11.4 Å². The Balaban J connectivity index is 1.78. The molecule has 0 aliphatic carbocycles. The zero-order chi connectivity index (χ0) is 16.7. The van der Waals surface area contributed by atoms with Crippen molar-refractivity contribution < 1.29 is 13.2 Å². The van der Waals surface area contributed by atoms with E-state index in [2.05, 4.69) is 5.32 Å². The first-order valence-electron chi connectivity index (χ1n) is 7.85. The van der Waals surface area contributed by atoms with Crippen molar-refractivity contribution in [3.8, 4) is 5.75 Å². The van der Waals surface area contributed by atoms with Crippen LogP contribution in [0, 0.1) is 0 Å². The predicted molar refractivity (Wildman–Crippen MR) is 96.7 cm³/mol. The number of benzene rings is 2. The van der Waals surface area contributed by atoms with Crippen molar-refractivity contribution in [3.63, 3.8) is 0 Å². The molecule has 2 aromatic carbocycles. The number of sulfonamides is 1. The van der Waals surface area contributed by atoms with Crippen molar-refractivity contribution in [1.82, 2.24) is 0 Å². The minimum Gasteiger partial charge on any atom is -0.487 e. The molecule has 0 saturated carbocycles. The SMILES string of the molecule is C[C@H]1CN(S(=O)(=O)c2ccc3c(c2)NCCS3)c2ccccc2O1.